The van der Waals surface area contributed by atoms with E-state index in [-0.39, 0.29) is 11.9 Å². The van der Waals surface area contributed by atoms with Crippen molar-refractivity contribution in [1.29, 1.82) is 0 Å². The molecule has 22 heavy (non-hydrogen) atoms. The maximum Gasteiger partial charge on any atom is 0.321 e. The highest BCUT2D eigenvalue weighted by Gasteiger charge is 2.20. The van der Waals surface area contributed by atoms with Gasteiger partial charge in [0.1, 0.15) is 0 Å². The summed E-state index contributed by atoms with van der Waals surface area (Å²) in [4.78, 5) is 24.8. The molecule has 3 amide bonds. The summed E-state index contributed by atoms with van der Waals surface area (Å²) in [6.45, 7) is 1.74. The maximum atomic E-state index is 11.7. The normalized spacial score (nSPS) is 13.5. The minimum atomic E-state index is -0.175. The van der Waals surface area contributed by atoms with Gasteiger partial charge in [0.05, 0.1) is 6.54 Å². The number of urea groups is 1. The molecule has 120 valence electrons. The zero-order valence-electron chi connectivity index (χ0n) is 13.2. The highest BCUT2D eigenvalue weighted by Crippen LogP contribution is 2.27. The second-order valence-electron chi connectivity index (χ2n) is 5.88. The van der Waals surface area contributed by atoms with E-state index < -0.39 is 0 Å². The number of benzene rings is 1. The molecule has 3 N–H and O–H groups in total. The molecule has 0 atom stereocenters. The van der Waals surface area contributed by atoms with E-state index in [1.54, 1.807) is 14.1 Å². The molecule has 1 aromatic rings. The van der Waals surface area contributed by atoms with Gasteiger partial charge in [0, 0.05) is 26.3 Å². The van der Waals surface area contributed by atoms with Crippen molar-refractivity contribution < 1.29 is 9.59 Å². The molecule has 6 heteroatoms. The molecule has 0 spiro atoms. The molecule has 0 bridgehead atoms. The van der Waals surface area contributed by atoms with E-state index in [1.165, 1.54) is 17.7 Å². The summed E-state index contributed by atoms with van der Waals surface area (Å²) >= 11 is 0. The van der Waals surface area contributed by atoms with Gasteiger partial charge in [-0.3, -0.25) is 4.79 Å². The highest BCUT2D eigenvalue weighted by atomic mass is 16.2. The number of nitrogens with one attached hydrogen (secondary N) is 3. The summed E-state index contributed by atoms with van der Waals surface area (Å²) < 4.78 is 0. The van der Waals surface area contributed by atoms with Crippen LogP contribution < -0.4 is 16.0 Å². The van der Waals surface area contributed by atoms with Gasteiger partial charge in [-0.2, -0.15) is 0 Å². The van der Waals surface area contributed by atoms with Crippen molar-refractivity contribution in [2.45, 2.75) is 19.4 Å². The number of carbonyl (C=O) groups excluding carboxylic acids is 2. The number of amides is 3. The summed E-state index contributed by atoms with van der Waals surface area (Å²) in [5.74, 6) is 0.758. The Morgan fingerprint density at radius 2 is 2.05 bits per heavy atom. The second kappa shape index (κ2) is 7.79. The average molecular weight is 304 g/mol. The Balaban J connectivity index is 1.74. The summed E-state index contributed by atoms with van der Waals surface area (Å²) in [6, 6.07) is 7.29. The minimum Gasteiger partial charge on any atom is -0.351 e. The van der Waals surface area contributed by atoms with E-state index in [4.69, 9.17) is 0 Å². The first-order valence-corrected chi connectivity index (χ1v) is 7.59. The molecule has 0 aliphatic heterocycles. The predicted octanol–water partition coefficient (Wildman–Crippen LogP) is 1.40. The molecule has 1 aliphatic rings. The summed E-state index contributed by atoms with van der Waals surface area (Å²) in [5, 5.41) is 8.82. The molecule has 0 aromatic heterocycles. The monoisotopic (exact) mass is 304 g/mol. The number of carbonyl (C=O) groups is 2. The lowest BCUT2D eigenvalue weighted by Crippen LogP contribution is -2.34. The summed E-state index contributed by atoms with van der Waals surface area (Å²) in [7, 11) is 3.38. The van der Waals surface area contributed by atoms with Crippen LogP contribution in [0.3, 0.4) is 0 Å². The van der Waals surface area contributed by atoms with Crippen molar-refractivity contribution >= 4 is 17.6 Å². The van der Waals surface area contributed by atoms with Crippen LogP contribution in [0, 0.1) is 5.92 Å². The van der Waals surface area contributed by atoms with Gasteiger partial charge < -0.3 is 20.9 Å². The molecule has 1 aromatic carbocycles. The van der Waals surface area contributed by atoms with Crippen LogP contribution in [0.1, 0.15) is 18.4 Å². The average Bonchev–Trinajstić information content (AvgIpc) is 3.29. The van der Waals surface area contributed by atoms with Crippen LogP contribution in [0.25, 0.3) is 0 Å². The number of hydrogen-bond acceptors (Lipinski definition) is 3. The van der Waals surface area contributed by atoms with Crippen LogP contribution in [0.15, 0.2) is 24.3 Å². The molecule has 0 unspecified atom stereocenters. The van der Waals surface area contributed by atoms with Crippen molar-refractivity contribution in [2.24, 2.45) is 5.92 Å². The van der Waals surface area contributed by atoms with E-state index >= 15 is 0 Å². The van der Waals surface area contributed by atoms with Crippen molar-refractivity contribution in [3.63, 3.8) is 0 Å². The van der Waals surface area contributed by atoms with Gasteiger partial charge in [0.15, 0.2) is 0 Å². The lowest BCUT2D eigenvalue weighted by Gasteiger charge is -2.13. The van der Waals surface area contributed by atoms with Gasteiger partial charge >= 0.3 is 6.03 Å². The first kappa shape index (κ1) is 16.3. The first-order chi connectivity index (χ1) is 10.5. The van der Waals surface area contributed by atoms with Crippen LogP contribution in [0.4, 0.5) is 10.5 Å². The lowest BCUT2D eigenvalue weighted by molar-refractivity contribution is -0.120. The van der Waals surface area contributed by atoms with Crippen LogP contribution >= 0.6 is 0 Å². The predicted molar refractivity (Wildman–Crippen MR) is 86.6 cm³/mol. The third-order valence-electron chi connectivity index (χ3n) is 3.49. The fourth-order valence-electron chi connectivity index (χ4n) is 1.97. The smallest absolute Gasteiger partial charge is 0.321 e. The molecule has 1 saturated carbocycles. The molecule has 0 saturated heterocycles. The van der Waals surface area contributed by atoms with Gasteiger partial charge in [-0.15, -0.1) is 0 Å². The topological polar surface area (TPSA) is 73.5 Å². The van der Waals surface area contributed by atoms with Crippen molar-refractivity contribution in [3.05, 3.63) is 29.8 Å². The van der Waals surface area contributed by atoms with Crippen molar-refractivity contribution in [1.82, 2.24) is 15.5 Å². The Morgan fingerprint density at radius 3 is 2.73 bits per heavy atom. The Hall–Kier alpha value is -2.08. The molecule has 1 fully saturated rings. The van der Waals surface area contributed by atoms with Crippen molar-refractivity contribution in [2.75, 3.05) is 32.5 Å². The van der Waals surface area contributed by atoms with E-state index in [1.807, 2.05) is 24.3 Å². The van der Waals surface area contributed by atoms with Gasteiger partial charge in [0.2, 0.25) is 5.91 Å². The zero-order valence-corrected chi connectivity index (χ0v) is 13.2. The number of hydrogen-bond donors (Lipinski definition) is 3. The number of nitrogens with zero attached hydrogens (tertiary/aromatic N) is 1. The van der Waals surface area contributed by atoms with Crippen molar-refractivity contribution in [3.8, 4) is 0 Å². The molecule has 1 aliphatic carbocycles. The highest BCUT2D eigenvalue weighted by molar-refractivity contribution is 5.89. The van der Waals surface area contributed by atoms with Gasteiger partial charge in [0.25, 0.3) is 0 Å². The standard InChI is InChI=1S/C16H24N4O2/c1-20(2)16(22)19-14-5-3-4-13(8-14)10-18-15(21)11-17-9-12-6-7-12/h3-5,8,12,17H,6-7,9-11H2,1-2H3,(H,18,21)(H,19,22). The van der Waals surface area contributed by atoms with E-state index in [0.717, 1.165) is 23.7 Å². The van der Waals surface area contributed by atoms with Crippen LogP contribution in [0.2, 0.25) is 0 Å². The molecular weight excluding hydrogens is 280 g/mol. The van der Waals surface area contributed by atoms with Gasteiger partial charge in [-0.1, -0.05) is 12.1 Å². The van der Waals surface area contributed by atoms with Crippen LogP contribution in [0.5, 0.6) is 0 Å². The molecule has 0 radical (unpaired) electrons. The largest absolute Gasteiger partial charge is 0.351 e. The zero-order chi connectivity index (χ0) is 15.9. The second-order valence-corrected chi connectivity index (χ2v) is 5.88. The van der Waals surface area contributed by atoms with E-state index in [9.17, 15) is 9.59 Å². The van der Waals surface area contributed by atoms with E-state index in [2.05, 4.69) is 16.0 Å². The third kappa shape index (κ3) is 5.73. The Bertz CT molecular complexity index is 527. The molecule has 0 heterocycles. The third-order valence-corrected chi connectivity index (χ3v) is 3.49. The summed E-state index contributed by atoms with van der Waals surface area (Å²) in [6.07, 6.45) is 2.56. The minimum absolute atomic E-state index is 0.0108. The Labute approximate surface area is 131 Å². The SMILES string of the molecule is CN(C)C(=O)Nc1cccc(CNC(=O)CNCC2CC2)c1. The maximum absolute atomic E-state index is 11.7. The Morgan fingerprint density at radius 1 is 1.27 bits per heavy atom. The number of anilines is 1. The van der Waals surface area contributed by atoms with Gasteiger partial charge in [-0.05, 0) is 43.0 Å². The first-order valence-electron chi connectivity index (χ1n) is 7.59. The van der Waals surface area contributed by atoms with Crippen LogP contribution in [-0.4, -0.2) is 44.0 Å². The number of rotatable bonds is 7. The summed E-state index contributed by atoms with van der Waals surface area (Å²) in [5.41, 5.74) is 1.67. The fraction of sp³-hybridized carbons (Fsp3) is 0.500. The lowest BCUT2D eigenvalue weighted by atomic mass is 10.2. The molecule has 6 nitrogen and oxygen atoms in total. The fourth-order valence-corrected chi connectivity index (χ4v) is 1.97. The molecule has 2 rings (SSSR count). The quantitative estimate of drug-likeness (QED) is 0.713. The van der Waals surface area contributed by atoms with E-state index in [0.29, 0.717) is 13.1 Å². The van der Waals surface area contributed by atoms with Gasteiger partial charge in [-0.25, -0.2) is 4.79 Å². The molecular formula is C16H24N4O2. The Kier molecular flexibility index (Phi) is 5.77. The van der Waals surface area contributed by atoms with Crippen LogP contribution in [-0.2, 0) is 11.3 Å².